The third-order valence-corrected chi connectivity index (χ3v) is 4.96. The van der Waals surface area contributed by atoms with Crippen LogP contribution in [0, 0.1) is 5.82 Å². The predicted molar refractivity (Wildman–Crippen MR) is 86.9 cm³/mol. The highest BCUT2D eigenvalue weighted by Gasteiger charge is 2.47. The van der Waals surface area contributed by atoms with E-state index in [1.165, 1.54) is 24.3 Å². The number of halogens is 1. The average molecular weight is 326 g/mol. The van der Waals surface area contributed by atoms with Crippen LogP contribution in [0.15, 0.2) is 36.4 Å². The van der Waals surface area contributed by atoms with Crippen molar-refractivity contribution in [3.8, 4) is 0 Å². The van der Waals surface area contributed by atoms with Gasteiger partial charge < -0.3 is 10.4 Å². The summed E-state index contributed by atoms with van der Waals surface area (Å²) in [7, 11) is 0. The van der Waals surface area contributed by atoms with Crippen molar-refractivity contribution in [1.29, 1.82) is 0 Å². The molecule has 0 bridgehead atoms. The molecule has 2 aliphatic rings. The van der Waals surface area contributed by atoms with E-state index in [0.717, 1.165) is 49.1 Å². The highest BCUT2D eigenvalue weighted by atomic mass is 19.1. The Morgan fingerprint density at radius 2 is 1.96 bits per heavy atom. The molecule has 1 aromatic heterocycles. The molecule has 2 N–H and O–H groups in total. The van der Waals surface area contributed by atoms with Gasteiger partial charge in [-0.1, -0.05) is 6.07 Å². The SMILES string of the molecule is O=C(NC1(c2ccc3c(n2)CCCC3O)CC1)c1ccc(F)cc1. The Kier molecular flexibility index (Phi) is 3.61. The van der Waals surface area contributed by atoms with Gasteiger partial charge in [-0.2, -0.15) is 0 Å². The summed E-state index contributed by atoms with van der Waals surface area (Å²) in [4.78, 5) is 17.1. The van der Waals surface area contributed by atoms with Crippen molar-refractivity contribution in [2.75, 3.05) is 0 Å². The van der Waals surface area contributed by atoms with E-state index in [2.05, 4.69) is 5.32 Å². The maximum Gasteiger partial charge on any atom is 0.252 e. The summed E-state index contributed by atoms with van der Waals surface area (Å²) in [6.45, 7) is 0. The van der Waals surface area contributed by atoms with Gasteiger partial charge in [0, 0.05) is 16.8 Å². The van der Waals surface area contributed by atoms with Crippen molar-refractivity contribution in [2.24, 2.45) is 0 Å². The molecule has 2 aliphatic carbocycles. The zero-order valence-electron chi connectivity index (χ0n) is 13.3. The minimum atomic E-state index is -0.431. The zero-order valence-corrected chi connectivity index (χ0v) is 13.3. The number of fused-ring (bicyclic) bond motifs is 1. The fourth-order valence-corrected chi connectivity index (χ4v) is 3.36. The molecule has 1 unspecified atom stereocenters. The van der Waals surface area contributed by atoms with Gasteiger partial charge in [-0.25, -0.2) is 4.39 Å². The molecule has 24 heavy (non-hydrogen) atoms. The minimum Gasteiger partial charge on any atom is -0.388 e. The maximum atomic E-state index is 13.0. The molecule has 5 heteroatoms. The molecule has 0 saturated heterocycles. The summed E-state index contributed by atoms with van der Waals surface area (Å²) in [6, 6.07) is 9.38. The Balaban J connectivity index is 1.57. The number of rotatable bonds is 3. The van der Waals surface area contributed by atoms with Crippen LogP contribution in [0.4, 0.5) is 4.39 Å². The van der Waals surface area contributed by atoms with Gasteiger partial charge in [-0.05, 0) is 62.4 Å². The van der Waals surface area contributed by atoms with Crippen molar-refractivity contribution in [1.82, 2.24) is 10.3 Å². The molecule has 2 aromatic rings. The monoisotopic (exact) mass is 326 g/mol. The molecule has 4 rings (SSSR count). The molecule has 4 nitrogen and oxygen atoms in total. The number of pyridine rings is 1. The van der Waals surface area contributed by atoms with Crippen molar-refractivity contribution >= 4 is 5.91 Å². The van der Waals surface area contributed by atoms with Crippen molar-refractivity contribution in [2.45, 2.75) is 43.7 Å². The largest absolute Gasteiger partial charge is 0.388 e. The maximum absolute atomic E-state index is 13.0. The van der Waals surface area contributed by atoms with E-state index in [1.54, 1.807) is 0 Å². The van der Waals surface area contributed by atoms with Gasteiger partial charge in [0.25, 0.3) is 5.91 Å². The van der Waals surface area contributed by atoms with Gasteiger partial charge in [0.1, 0.15) is 5.82 Å². The number of aliphatic hydroxyl groups is 1. The quantitative estimate of drug-likeness (QED) is 0.911. The predicted octanol–water partition coefficient (Wildman–Crippen LogP) is 3.01. The molecule has 0 radical (unpaired) electrons. The third kappa shape index (κ3) is 2.69. The molecule has 1 heterocycles. The standard InChI is InChI=1S/C19H19FN2O2/c20-13-6-4-12(5-7-13)18(24)22-19(10-11-19)17-9-8-14-15(21-17)2-1-3-16(14)23/h4-9,16,23H,1-3,10-11H2,(H,22,24). The van der Waals surface area contributed by atoms with E-state index in [1.807, 2.05) is 12.1 Å². The molecule has 1 amide bonds. The lowest BCUT2D eigenvalue weighted by Gasteiger charge is -2.23. The fraction of sp³-hybridized carbons (Fsp3) is 0.368. The summed E-state index contributed by atoms with van der Waals surface area (Å²) < 4.78 is 13.0. The van der Waals surface area contributed by atoms with Gasteiger partial charge in [0.15, 0.2) is 0 Å². The normalized spacial score (nSPS) is 21.0. The third-order valence-electron chi connectivity index (χ3n) is 4.96. The van der Waals surface area contributed by atoms with E-state index in [0.29, 0.717) is 5.56 Å². The number of aromatic nitrogens is 1. The lowest BCUT2D eigenvalue weighted by Crippen LogP contribution is -2.36. The highest BCUT2D eigenvalue weighted by molar-refractivity contribution is 5.95. The molecule has 1 fully saturated rings. The summed E-state index contributed by atoms with van der Waals surface area (Å²) in [6.07, 6.45) is 3.82. The lowest BCUT2D eigenvalue weighted by atomic mass is 9.92. The summed E-state index contributed by atoms with van der Waals surface area (Å²) in [5.74, 6) is -0.574. The summed E-state index contributed by atoms with van der Waals surface area (Å²) >= 11 is 0. The second-order valence-electron chi connectivity index (χ2n) is 6.68. The molecule has 0 spiro atoms. The van der Waals surface area contributed by atoms with Gasteiger partial charge >= 0.3 is 0 Å². The van der Waals surface area contributed by atoms with Crippen LogP contribution in [-0.2, 0) is 12.0 Å². The second-order valence-corrected chi connectivity index (χ2v) is 6.68. The number of nitrogens with one attached hydrogen (secondary N) is 1. The van der Waals surface area contributed by atoms with Crippen LogP contribution < -0.4 is 5.32 Å². The number of aryl methyl sites for hydroxylation is 1. The smallest absolute Gasteiger partial charge is 0.252 e. The van der Waals surface area contributed by atoms with E-state index >= 15 is 0 Å². The number of hydrogen-bond acceptors (Lipinski definition) is 3. The molecule has 0 aliphatic heterocycles. The van der Waals surface area contributed by atoms with Crippen LogP contribution in [0.3, 0.4) is 0 Å². The van der Waals surface area contributed by atoms with E-state index in [-0.39, 0.29) is 11.7 Å². The zero-order chi connectivity index (χ0) is 16.7. The minimum absolute atomic E-state index is 0.216. The lowest BCUT2D eigenvalue weighted by molar-refractivity contribution is 0.0929. The van der Waals surface area contributed by atoms with Crippen LogP contribution in [-0.4, -0.2) is 16.0 Å². The molecule has 1 aromatic carbocycles. The second kappa shape index (κ2) is 5.67. The topological polar surface area (TPSA) is 62.2 Å². The first-order valence-corrected chi connectivity index (χ1v) is 8.34. The highest BCUT2D eigenvalue weighted by Crippen LogP contribution is 2.45. The molecular weight excluding hydrogens is 307 g/mol. The Morgan fingerprint density at radius 3 is 2.67 bits per heavy atom. The van der Waals surface area contributed by atoms with E-state index in [4.69, 9.17) is 4.98 Å². The number of hydrogen-bond donors (Lipinski definition) is 2. The molecule has 1 saturated carbocycles. The van der Waals surface area contributed by atoms with E-state index < -0.39 is 11.6 Å². The van der Waals surface area contributed by atoms with Crippen LogP contribution in [0.25, 0.3) is 0 Å². The number of carbonyl (C=O) groups excluding carboxylic acids is 1. The first-order valence-electron chi connectivity index (χ1n) is 8.34. The van der Waals surface area contributed by atoms with E-state index in [9.17, 15) is 14.3 Å². The van der Waals surface area contributed by atoms with Crippen LogP contribution >= 0.6 is 0 Å². The number of carbonyl (C=O) groups is 1. The number of aliphatic hydroxyl groups excluding tert-OH is 1. The van der Waals surface area contributed by atoms with Crippen molar-refractivity contribution in [3.63, 3.8) is 0 Å². The molecular formula is C19H19FN2O2. The van der Waals surface area contributed by atoms with Gasteiger partial charge in [0.05, 0.1) is 17.3 Å². The number of benzene rings is 1. The average Bonchev–Trinajstić information content (AvgIpc) is 3.36. The van der Waals surface area contributed by atoms with Crippen LogP contribution in [0.5, 0.6) is 0 Å². The van der Waals surface area contributed by atoms with Crippen molar-refractivity contribution < 1.29 is 14.3 Å². The summed E-state index contributed by atoms with van der Waals surface area (Å²) in [5.41, 5.74) is 2.71. The van der Waals surface area contributed by atoms with Crippen molar-refractivity contribution in [3.05, 3.63) is 64.7 Å². The van der Waals surface area contributed by atoms with Gasteiger partial charge in [-0.3, -0.25) is 9.78 Å². The Labute approximate surface area is 139 Å². The van der Waals surface area contributed by atoms with Crippen LogP contribution in [0.2, 0.25) is 0 Å². The number of amides is 1. The summed E-state index contributed by atoms with van der Waals surface area (Å²) in [5, 5.41) is 13.1. The molecule has 124 valence electrons. The Bertz CT molecular complexity index is 784. The first kappa shape index (κ1) is 15.3. The Hall–Kier alpha value is -2.27. The Morgan fingerprint density at radius 1 is 1.21 bits per heavy atom. The molecule has 1 atom stereocenters. The first-order chi connectivity index (χ1) is 11.6. The van der Waals surface area contributed by atoms with Gasteiger partial charge in [-0.15, -0.1) is 0 Å². The van der Waals surface area contributed by atoms with Gasteiger partial charge in [0.2, 0.25) is 0 Å². The number of nitrogens with zero attached hydrogens (tertiary/aromatic N) is 1. The van der Waals surface area contributed by atoms with Crippen LogP contribution in [0.1, 0.15) is 59.1 Å². The fourth-order valence-electron chi connectivity index (χ4n) is 3.36.